The summed E-state index contributed by atoms with van der Waals surface area (Å²) in [4.78, 5) is 34.5. The largest absolute Gasteiger partial charge is 0.472 e. The molecule has 0 radical (unpaired) electrons. The highest BCUT2D eigenvalue weighted by atomic mass is 31.2. The zero-order chi connectivity index (χ0) is 38.2. The van der Waals surface area contributed by atoms with Crippen LogP contribution in [0.3, 0.4) is 0 Å². The van der Waals surface area contributed by atoms with Gasteiger partial charge >= 0.3 is 19.8 Å². The first kappa shape index (κ1) is 50.5. The van der Waals surface area contributed by atoms with Gasteiger partial charge in [0.05, 0.1) is 6.61 Å². The molecule has 2 unspecified atom stereocenters. The van der Waals surface area contributed by atoms with Crippen molar-refractivity contribution in [2.45, 2.75) is 219 Å². The maximum Gasteiger partial charge on any atom is 0.472 e. The van der Waals surface area contributed by atoms with Gasteiger partial charge in [-0.25, -0.2) is 4.57 Å². The van der Waals surface area contributed by atoms with E-state index in [1.165, 1.54) is 135 Å². The van der Waals surface area contributed by atoms with Gasteiger partial charge in [0.15, 0.2) is 6.10 Å². The number of hydrogen-bond donors (Lipinski definition) is 1. The second-order valence-electron chi connectivity index (χ2n) is 14.5. The second kappa shape index (κ2) is 39.2. The summed E-state index contributed by atoms with van der Waals surface area (Å²) in [5.41, 5.74) is 0. The first-order chi connectivity index (χ1) is 25.3. The van der Waals surface area contributed by atoms with Crippen molar-refractivity contribution in [3.05, 3.63) is 24.3 Å². The maximum atomic E-state index is 12.5. The Morgan fingerprint density at radius 3 is 1.38 bits per heavy atom. The van der Waals surface area contributed by atoms with Crippen LogP contribution in [0.2, 0.25) is 0 Å². The van der Waals surface area contributed by atoms with E-state index in [2.05, 4.69) is 42.7 Å². The van der Waals surface area contributed by atoms with E-state index >= 15 is 0 Å². The van der Waals surface area contributed by atoms with E-state index < -0.39 is 26.5 Å². The topological polar surface area (TPSA) is 108 Å². The van der Waals surface area contributed by atoms with Gasteiger partial charge in [-0.15, -0.1) is 0 Å². The molecule has 2 atom stereocenters. The normalized spacial score (nSPS) is 13.5. The SMILES string of the molecule is CCCCC/C=C\C/C=C\CCCCCCCCCCCC(=O)OC(COC(=O)CCCCCCCCCCCCCCCC)COP(=O)(O)OC. The molecule has 0 saturated heterocycles. The molecule has 0 aromatic heterocycles. The lowest BCUT2D eigenvalue weighted by Crippen LogP contribution is -2.29. The van der Waals surface area contributed by atoms with Gasteiger partial charge in [-0.05, 0) is 44.9 Å². The number of hydrogen-bond acceptors (Lipinski definition) is 7. The van der Waals surface area contributed by atoms with Crippen molar-refractivity contribution in [2.75, 3.05) is 20.3 Å². The van der Waals surface area contributed by atoms with E-state index in [0.29, 0.717) is 12.8 Å². The maximum absolute atomic E-state index is 12.5. The number of carbonyl (C=O) groups is 2. The van der Waals surface area contributed by atoms with Gasteiger partial charge in [0.25, 0.3) is 0 Å². The lowest BCUT2D eigenvalue weighted by molar-refractivity contribution is -0.161. The molecule has 0 aromatic rings. The number of phosphoric ester groups is 1. The number of rotatable bonds is 40. The molecular weight excluding hydrogens is 675 g/mol. The van der Waals surface area contributed by atoms with Crippen molar-refractivity contribution < 1.29 is 37.6 Å². The molecule has 0 aliphatic carbocycles. The molecule has 0 fully saturated rings. The predicted molar refractivity (Wildman–Crippen MR) is 216 cm³/mol. The number of unbranched alkanes of at least 4 members (excludes halogenated alkanes) is 25. The van der Waals surface area contributed by atoms with Crippen LogP contribution in [0.1, 0.15) is 213 Å². The van der Waals surface area contributed by atoms with Crippen LogP contribution in [-0.2, 0) is 32.7 Å². The molecule has 1 N–H and O–H groups in total. The third-order valence-corrected chi connectivity index (χ3v) is 10.4. The first-order valence-corrected chi connectivity index (χ1v) is 23.0. The van der Waals surface area contributed by atoms with Gasteiger partial charge in [-0.1, -0.05) is 179 Å². The van der Waals surface area contributed by atoms with Gasteiger partial charge in [0, 0.05) is 20.0 Å². The highest BCUT2D eigenvalue weighted by Gasteiger charge is 2.24. The first-order valence-electron chi connectivity index (χ1n) is 21.5. The Hall–Kier alpha value is -1.47. The van der Waals surface area contributed by atoms with Crippen molar-refractivity contribution >= 4 is 19.8 Å². The molecule has 8 nitrogen and oxygen atoms in total. The van der Waals surface area contributed by atoms with Crippen LogP contribution >= 0.6 is 7.82 Å². The summed E-state index contributed by atoms with van der Waals surface area (Å²) in [6.45, 7) is 3.88. The molecule has 0 heterocycles. The molecule has 0 saturated carbocycles. The van der Waals surface area contributed by atoms with Crippen molar-refractivity contribution in [2.24, 2.45) is 0 Å². The van der Waals surface area contributed by atoms with Gasteiger partial charge in [0.1, 0.15) is 6.61 Å². The zero-order valence-electron chi connectivity index (χ0n) is 34.0. The number of phosphoric acid groups is 1. The van der Waals surface area contributed by atoms with Crippen LogP contribution < -0.4 is 0 Å². The second-order valence-corrected chi connectivity index (χ2v) is 16.0. The van der Waals surface area contributed by atoms with Gasteiger partial charge in [-0.2, -0.15) is 0 Å². The summed E-state index contributed by atoms with van der Waals surface area (Å²) in [6, 6.07) is 0. The fourth-order valence-corrected chi connectivity index (χ4v) is 6.56. The fourth-order valence-electron chi connectivity index (χ4n) is 6.10. The Labute approximate surface area is 320 Å². The van der Waals surface area contributed by atoms with Crippen LogP contribution in [0.25, 0.3) is 0 Å². The minimum atomic E-state index is -4.26. The summed E-state index contributed by atoms with van der Waals surface area (Å²) in [6.07, 6.45) is 43.7. The molecule has 9 heteroatoms. The summed E-state index contributed by atoms with van der Waals surface area (Å²) < 4.78 is 32.0. The number of allylic oxidation sites excluding steroid dienone is 4. The number of esters is 2. The molecule has 0 aromatic carbocycles. The van der Waals surface area contributed by atoms with Crippen LogP contribution in [0.15, 0.2) is 24.3 Å². The molecule has 0 bridgehead atoms. The zero-order valence-corrected chi connectivity index (χ0v) is 34.9. The number of ether oxygens (including phenoxy) is 2. The number of carbonyl (C=O) groups excluding carboxylic acids is 2. The van der Waals surface area contributed by atoms with E-state index in [-0.39, 0.29) is 19.0 Å². The lowest BCUT2D eigenvalue weighted by atomic mass is 10.0. The van der Waals surface area contributed by atoms with E-state index in [1.54, 1.807) is 0 Å². The highest BCUT2D eigenvalue weighted by Crippen LogP contribution is 2.42. The molecule has 0 aliphatic heterocycles. The Bertz CT molecular complexity index is 906. The Morgan fingerprint density at radius 1 is 0.538 bits per heavy atom. The van der Waals surface area contributed by atoms with Gasteiger partial charge < -0.3 is 14.4 Å². The van der Waals surface area contributed by atoms with Crippen molar-refractivity contribution in [1.29, 1.82) is 0 Å². The van der Waals surface area contributed by atoms with Crippen molar-refractivity contribution in [3.63, 3.8) is 0 Å². The highest BCUT2D eigenvalue weighted by molar-refractivity contribution is 7.47. The average Bonchev–Trinajstić information content (AvgIpc) is 3.13. The van der Waals surface area contributed by atoms with Crippen LogP contribution in [0.4, 0.5) is 0 Å². The van der Waals surface area contributed by atoms with E-state index in [4.69, 9.17) is 14.0 Å². The van der Waals surface area contributed by atoms with Crippen LogP contribution in [0, 0.1) is 0 Å². The minimum absolute atomic E-state index is 0.223. The summed E-state index contributed by atoms with van der Waals surface area (Å²) >= 11 is 0. The lowest BCUT2D eigenvalue weighted by Gasteiger charge is -2.19. The molecule has 0 spiro atoms. The van der Waals surface area contributed by atoms with Crippen molar-refractivity contribution in [1.82, 2.24) is 0 Å². The molecular formula is C43H81O8P. The molecule has 306 valence electrons. The predicted octanol–water partition coefficient (Wildman–Crippen LogP) is 13.5. The van der Waals surface area contributed by atoms with E-state index in [0.717, 1.165) is 52.1 Å². The van der Waals surface area contributed by atoms with E-state index in [1.807, 2.05) is 0 Å². The van der Waals surface area contributed by atoms with Crippen molar-refractivity contribution in [3.8, 4) is 0 Å². The van der Waals surface area contributed by atoms with Gasteiger partial charge in [-0.3, -0.25) is 18.6 Å². The Kier molecular flexibility index (Phi) is 38.1. The molecule has 0 aliphatic rings. The smallest absolute Gasteiger partial charge is 0.462 e. The summed E-state index contributed by atoms with van der Waals surface area (Å²) in [5, 5.41) is 0. The van der Waals surface area contributed by atoms with E-state index in [9.17, 15) is 19.0 Å². The Morgan fingerprint density at radius 2 is 0.923 bits per heavy atom. The monoisotopic (exact) mass is 757 g/mol. The summed E-state index contributed by atoms with van der Waals surface area (Å²) in [5.74, 6) is -0.800. The quantitative estimate of drug-likeness (QED) is 0.0285. The standard InChI is InChI=1S/C43H81O8P/c1-4-6-8-10-12-14-16-18-20-21-22-23-24-26-28-30-32-34-36-38-43(45)51-41(40-50-52(46,47)48-3)39-49-42(44)37-35-33-31-29-27-25-19-17-15-13-11-9-7-5-2/h12,14,18,20,41H,4-11,13,15-17,19,21-40H2,1-3H3,(H,46,47)/b14-12-,20-18-. The molecule has 52 heavy (non-hydrogen) atoms. The van der Waals surface area contributed by atoms with Crippen LogP contribution in [0.5, 0.6) is 0 Å². The van der Waals surface area contributed by atoms with Crippen LogP contribution in [-0.4, -0.2) is 43.3 Å². The Balaban J connectivity index is 3.97. The molecule has 0 rings (SSSR count). The summed E-state index contributed by atoms with van der Waals surface area (Å²) in [7, 11) is -3.19. The third kappa shape index (κ3) is 38.3. The van der Waals surface area contributed by atoms with Gasteiger partial charge in [0.2, 0.25) is 0 Å². The molecule has 0 amide bonds. The minimum Gasteiger partial charge on any atom is -0.462 e. The average molecular weight is 757 g/mol. The fraction of sp³-hybridized carbons (Fsp3) is 0.860. The third-order valence-electron chi connectivity index (χ3n) is 9.45.